The van der Waals surface area contributed by atoms with Crippen LogP contribution in [0.4, 0.5) is 0 Å². The first-order valence-electron chi connectivity index (χ1n) is 4.88. The lowest BCUT2D eigenvalue weighted by Crippen LogP contribution is -2.49. The number of nitrogens with one attached hydrogen (secondary N) is 1. The van der Waals surface area contributed by atoms with Crippen molar-refractivity contribution in [2.24, 2.45) is 0 Å². The van der Waals surface area contributed by atoms with Crippen molar-refractivity contribution in [1.29, 1.82) is 5.26 Å². The summed E-state index contributed by atoms with van der Waals surface area (Å²) in [4.78, 5) is 3.54. The van der Waals surface area contributed by atoms with Gasteiger partial charge in [0.1, 0.15) is 6.04 Å². The maximum atomic E-state index is 9.01. The average Bonchev–Trinajstić information content (AvgIpc) is 2.65. The van der Waals surface area contributed by atoms with Gasteiger partial charge in [-0.25, -0.2) is 0 Å². The molecule has 0 saturated carbocycles. The van der Waals surface area contributed by atoms with Crippen LogP contribution in [0.1, 0.15) is 4.88 Å². The van der Waals surface area contributed by atoms with E-state index in [1.54, 1.807) is 11.3 Å². The fourth-order valence-electron chi connectivity index (χ4n) is 1.70. The van der Waals surface area contributed by atoms with E-state index in [1.165, 1.54) is 4.88 Å². The molecule has 0 amide bonds. The van der Waals surface area contributed by atoms with E-state index in [-0.39, 0.29) is 6.04 Å². The van der Waals surface area contributed by atoms with Crippen LogP contribution in [-0.4, -0.2) is 30.6 Å². The predicted molar refractivity (Wildman–Crippen MR) is 64.7 cm³/mol. The lowest BCUT2D eigenvalue weighted by Gasteiger charge is -2.31. The highest BCUT2D eigenvalue weighted by Crippen LogP contribution is 2.24. The molecule has 2 rings (SSSR count). The van der Waals surface area contributed by atoms with Gasteiger partial charge in [0.05, 0.1) is 9.86 Å². The highest BCUT2D eigenvalue weighted by Gasteiger charge is 2.21. The van der Waals surface area contributed by atoms with Crippen molar-refractivity contribution in [1.82, 2.24) is 10.2 Å². The Morgan fingerprint density at radius 2 is 2.53 bits per heavy atom. The minimum Gasteiger partial charge on any atom is -0.313 e. The third-order valence-corrected chi connectivity index (χ3v) is 4.10. The van der Waals surface area contributed by atoms with Gasteiger partial charge in [-0.1, -0.05) is 0 Å². The van der Waals surface area contributed by atoms with Crippen molar-refractivity contribution in [3.63, 3.8) is 0 Å². The first-order valence-corrected chi connectivity index (χ1v) is 6.49. The Morgan fingerprint density at radius 3 is 3.20 bits per heavy atom. The number of hydrogen-bond acceptors (Lipinski definition) is 4. The molecule has 1 aromatic rings. The van der Waals surface area contributed by atoms with Gasteiger partial charge in [-0.05, 0) is 28.1 Å². The van der Waals surface area contributed by atoms with Crippen LogP contribution < -0.4 is 5.32 Å². The molecule has 1 unspecified atom stereocenters. The molecule has 0 radical (unpaired) electrons. The normalized spacial score (nSPS) is 22.5. The summed E-state index contributed by atoms with van der Waals surface area (Å²) in [5, 5.41) is 12.2. The number of rotatable bonds is 2. The zero-order valence-electron chi connectivity index (χ0n) is 8.24. The Bertz CT molecular complexity index is 371. The largest absolute Gasteiger partial charge is 0.313 e. The summed E-state index contributed by atoms with van der Waals surface area (Å²) in [6.45, 7) is 3.59. The number of thiophene rings is 1. The maximum Gasteiger partial charge on any atom is 0.111 e. The molecule has 15 heavy (non-hydrogen) atoms. The maximum absolute atomic E-state index is 9.01. The van der Waals surface area contributed by atoms with Crippen molar-refractivity contribution in [3.8, 4) is 6.07 Å². The van der Waals surface area contributed by atoms with Crippen LogP contribution in [0, 0.1) is 11.3 Å². The monoisotopic (exact) mass is 285 g/mol. The van der Waals surface area contributed by atoms with Gasteiger partial charge >= 0.3 is 0 Å². The van der Waals surface area contributed by atoms with Gasteiger partial charge in [-0.2, -0.15) is 5.26 Å². The van der Waals surface area contributed by atoms with Crippen molar-refractivity contribution >= 4 is 27.3 Å². The van der Waals surface area contributed by atoms with Crippen molar-refractivity contribution in [3.05, 3.63) is 20.8 Å². The predicted octanol–water partition coefficient (Wildman–Crippen LogP) is 1.81. The highest BCUT2D eigenvalue weighted by molar-refractivity contribution is 9.11. The molecular formula is C10H12BrN3S. The van der Waals surface area contributed by atoms with Gasteiger partial charge < -0.3 is 5.32 Å². The standard InChI is InChI=1S/C10H12BrN3S/c11-10-2-1-9(15-10)7-14-4-3-13-6-8(14)5-12/h1-2,8,13H,3-4,6-7H2. The van der Waals surface area contributed by atoms with E-state index in [1.807, 2.05) is 0 Å². The lowest BCUT2D eigenvalue weighted by molar-refractivity contribution is 0.191. The van der Waals surface area contributed by atoms with Crippen LogP contribution in [0.2, 0.25) is 0 Å². The fraction of sp³-hybridized carbons (Fsp3) is 0.500. The molecule has 0 aliphatic carbocycles. The minimum absolute atomic E-state index is 0.0135. The average molecular weight is 286 g/mol. The topological polar surface area (TPSA) is 39.1 Å². The summed E-state index contributed by atoms with van der Waals surface area (Å²) in [6, 6.07) is 6.53. The molecule has 1 aliphatic rings. The smallest absolute Gasteiger partial charge is 0.111 e. The molecule has 1 fully saturated rings. The Labute approximate surface area is 102 Å². The third-order valence-electron chi connectivity index (χ3n) is 2.49. The van der Waals surface area contributed by atoms with Crippen LogP contribution in [0.5, 0.6) is 0 Å². The second kappa shape index (κ2) is 5.08. The molecule has 2 heterocycles. The first-order chi connectivity index (χ1) is 7.29. The molecule has 5 heteroatoms. The Morgan fingerprint density at radius 1 is 1.67 bits per heavy atom. The van der Waals surface area contributed by atoms with Gasteiger partial charge in [0, 0.05) is 31.1 Å². The minimum atomic E-state index is 0.0135. The zero-order chi connectivity index (χ0) is 10.7. The van der Waals surface area contributed by atoms with E-state index < -0.39 is 0 Å². The highest BCUT2D eigenvalue weighted by atomic mass is 79.9. The van der Waals surface area contributed by atoms with Gasteiger partial charge in [0.25, 0.3) is 0 Å². The molecular weight excluding hydrogens is 274 g/mol. The summed E-state index contributed by atoms with van der Waals surface area (Å²) >= 11 is 5.19. The van der Waals surface area contributed by atoms with Crippen LogP contribution >= 0.6 is 27.3 Å². The van der Waals surface area contributed by atoms with Crippen molar-refractivity contribution < 1.29 is 0 Å². The molecule has 1 saturated heterocycles. The summed E-state index contributed by atoms with van der Waals surface area (Å²) in [6.07, 6.45) is 0. The Kier molecular flexibility index (Phi) is 3.76. The Hall–Kier alpha value is -0.410. The number of nitriles is 1. The number of nitrogens with zero attached hydrogens (tertiary/aromatic N) is 2. The van der Waals surface area contributed by atoms with E-state index >= 15 is 0 Å². The molecule has 3 nitrogen and oxygen atoms in total. The molecule has 1 aliphatic heterocycles. The summed E-state index contributed by atoms with van der Waals surface area (Å²) in [5.74, 6) is 0. The molecule has 0 aromatic carbocycles. The second-order valence-electron chi connectivity index (χ2n) is 3.53. The first kappa shape index (κ1) is 11.1. The molecule has 1 N–H and O–H groups in total. The van der Waals surface area contributed by atoms with Crippen molar-refractivity contribution in [2.45, 2.75) is 12.6 Å². The second-order valence-corrected chi connectivity index (χ2v) is 6.07. The fourth-order valence-corrected chi connectivity index (χ4v) is 3.21. The number of halogens is 1. The van der Waals surface area contributed by atoms with Crippen LogP contribution in [0.15, 0.2) is 15.9 Å². The lowest BCUT2D eigenvalue weighted by atomic mass is 10.2. The van der Waals surface area contributed by atoms with Crippen molar-refractivity contribution in [2.75, 3.05) is 19.6 Å². The molecule has 1 atom stereocenters. The van der Waals surface area contributed by atoms with Crippen LogP contribution in [-0.2, 0) is 6.54 Å². The van der Waals surface area contributed by atoms with Gasteiger partial charge in [-0.15, -0.1) is 11.3 Å². The molecule has 1 aromatic heterocycles. The van der Waals surface area contributed by atoms with Crippen LogP contribution in [0.25, 0.3) is 0 Å². The SMILES string of the molecule is N#CC1CNCCN1Cc1ccc(Br)s1. The summed E-state index contributed by atoms with van der Waals surface area (Å²) in [5.41, 5.74) is 0. The van der Waals surface area contributed by atoms with E-state index in [9.17, 15) is 0 Å². The summed E-state index contributed by atoms with van der Waals surface area (Å²) in [7, 11) is 0. The van der Waals surface area contributed by atoms with Gasteiger partial charge in [0.2, 0.25) is 0 Å². The quantitative estimate of drug-likeness (QED) is 0.901. The van der Waals surface area contributed by atoms with Crippen LogP contribution in [0.3, 0.4) is 0 Å². The molecule has 0 spiro atoms. The van der Waals surface area contributed by atoms with E-state index in [0.29, 0.717) is 0 Å². The zero-order valence-corrected chi connectivity index (χ0v) is 10.6. The number of piperazine rings is 1. The summed E-state index contributed by atoms with van der Waals surface area (Å²) < 4.78 is 1.15. The third kappa shape index (κ3) is 2.79. The van der Waals surface area contributed by atoms with E-state index in [0.717, 1.165) is 30.0 Å². The van der Waals surface area contributed by atoms with E-state index in [4.69, 9.17) is 5.26 Å². The number of hydrogen-bond donors (Lipinski definition) is 1. The molecule has 0 bridgehead atoms. The van der Waals surface area contributed by atoms with Gasteiger partial charge in [-0.3, -0.25) is 4.90 Å². The van der Waals surface area contributed by atoms with Gasteiger partial charge in [0.15, 0.2) is 0 Å². The van der Waals surface area contributed by atoms with E-state index in [2.05, 4.69) is 44.3 Å². The molecule has 80 valence electrons. The Balaban J connectivity index is 2.01.